The number of urea groups is 1. The third-order valence-electron chi connectivity index (χ3n) is 7.53. The highest BCUT2D eigenvalue weighted by molar-refractivity contribution is 6.10. The lowest BCUT2D eigenvalue weighted by Crippen LogP contribution is -2.52. The summed E-state index contributed by atoms with van der Waals surface area (Å²) in [4.78, 5) is 28.0. The first kappa shape index (κ1) is 25.7. The number of amides is 2. The van der Waals surface area contributed by atoms with Gasteiger partial charge in [-0.2, -0.15) is 5.10 Å². The van der Waals surface area contributed by atoms with Crippen LogP contribution in [-0.2, 0) is 11.2 Å². The van der Waals surface area contributed by atoms with E-state index in [9.17, 15) is 4.79 Å². The van der Waals surface area contributed by atoms with Gasteiger partial charge in [0.15, 0.2) is 0 Å². The van der Waals surface area contributed by atoms with Gasteiger partial charge in [-0.3, -0.25) is 4.99 Å². The largest absolute Gasteiger partial charge is 0.404 e. The zero-order valence-electron chi connectivity index (χ0n) is 22.4. The number of hydrogen-bond donors (Lipinski definition) is 1. The third-order valence-corrected chi connectivity index (χ3v) is 7.53. The number of hydrogen-bond acceptors (Lipinski definition) is 7. The van der Waals surface area contributed by atoms with Crippen molar-refractivity contribution in [1.82, 2.24) is 24.4 Å². The van der Waals surface area contributed by atoms with Crippen LogP contribution >= 0.6 is 0 Å². The summed E-state index contributed by atoms with van der Waals surface area (Å²) in [6.45, 7) is 6.45. The Morgan fingerprint density at radius 3 is 2.63 bits per heavy atom. The predicted octanol–water partition coefficient (Wildman–Crippen LogP) is 2.92. The van der Waals surface area contributed by atoms with E-state index >= 15 is 0 Å². The molecular formula is C28H36N8O2. The Hall–Kier alpha value is -3.92. The van der Waals surface area contributed by atoms with E-state index < -0.39 is 0 Å². The average molecular weight is 517 g/mol. The van der Waals surface area contributed by atoms with E-state index in [1.807, 2.05) is 32.9 Å². The number of rotatable bonds is 6. The lowest BCUT2D eigenvalue weighted by molar-refractivity contribution is 0.105. The second-order valence-corrected chi connectivity index (χ2v) is 9.72. The van der Waals surface area contributed by atoms with Gasteiger partial charge in [-0.15, -0.1) is 0 Å². The standard InChI is InChI=1S/C28H36N8O2/c1-4-20-17-32-36-18-22(23(14-29)15-30-2)13-25(27(20)36)21-5-6-26(31-16-21)33-9-11-34(12-10-33)28(37)35-8-7-24(19-35)38-3/h5-6,13-18,24H,4,7-12,19,29H2,1-3H3. The molecule has 2 amide bonds. The molecule has 3 aromatic rings. The molecule has 2 fully saturated rings. The molecule has 5 rings (SSSR count). The number of aryl methyl sites for hydroxylation is 1. The summed E-state index contributed by atoms with van der Waals surface area (Å²) in [7, 11) is 3.44. The highest BCUT2D eigenvalue weighted by Gasteiger charge is 2.31. The fraction of sp³-hybridized carbons (Fsp3) is 0.429. The number of methoxy groups -OCH3 is 1. The number of carbonyl (C=O) groups is 1. The Morgan fingerprint density at radius 2 is 2.00 bits per heavy atom. The molecule has 0 aromatic carbocycles. The number of nitrogens with two attached hydrogens (primary N) is 1. The van der Waals surface area contributed by atoms with Crippen molar-refractivity contribution < 1.29 is 9.53 Å². The number of pyridine rings is 2. The van der Waals surface area contributed by atoms with Crippen LogP contribution < -0.4 is 10.6 Å². The molecule has 1 unspecified atom stereocenters. The van der Waals surface area contributed by atoms with Gasteiger partial charge in [0.1, 0.15) is 5.82 Å². The molecule has 200 valence electrons. The Morgan fingerprint density at radius 1 is 1.18 bits per heavy atom. The van der Waals surface area contributed by atoms with Crippen molar-refractivity contribution in [2.75, 3.05) is 58.3 Å². The first-order valence-electron chi connectivity index (χ1n) is 13.2. The summed E-state index contributed by atoms with van der Waals surface area (Å²) in [5.74, 6) is 0.915. The fourth-order valence-electron chi connectivity index (χ4n) is 5.33. The van der Waals surface area contributed by atoms with Crippen LogP contribution in [0.5, 0.6) is 0 Å². The first-order chi connectivity index (χ1) is 18.6. The van der Waals surface area contributed by atoms with Crippen molar-refractivity contribution >= 4 is 29.2 Å². The van der Waals surface area contributed by atoms with Crippen molar-refractivity contribution in [1.29, 1.82) is 0 Å². The number of carbonyl (C=O) groups excluding carboxylic acids is 1. The van der Waals surface area contributed by atoms with Crippen LogP contribution in [0.4, 0.5) is 10.6 Å². The normalized spacial score (nSPS) is 18.8. The third kappa shape index (κ3) is 4.96. The van der Waals surface area contributed by atoms with Gasteiger partial charge in [0.2, 0.25) is 0 Å². The first-order valence-corrected chi connectivity index (χ1v) is 13.2. The highest BCUT2D eigenvalue weighted by Crippen LogP contribution is 2.31. The summed E-state index contributed by atoms with van der Waals surface area (Å²) in [6, 6.07) is 6.42. The molecule has 38 heavy (non-hydrogen) atoms. The minimum Gasteiger partial charge on any atom is -0.404 e. The molecule has 10 nitrogen and oxygen atoms in total. The monoisotopic (exact) mass is 516 g/mol. The van der Waals surface area contributed by atoms with Gasteiger partial charge in [-0.25, -0.2) is 14.3 Å². The molecule has 10 heteroatoms. The fourth-order valence-corrected chi connectivity index (χ4v) is 5.33. The maximum absolute atomic E-state index is 12.9. The number of aliphatic imine (C=N–C) groups is 1. The molecule has 0 saturated carbocycles. The van der Waals surface area contributed by atoms with Gasteiger partial charge >= 0.3 is 6.03 Å². The van der Waals surface area contributed by atoms with Gasteiger partial charge in [0.25, 0.3) is 0 Å². The molecule has 0 spiro atoms. The Labute approximate surface area is 223 Å². The molecule has 0 radical (unpaired) electrons. The van der Waals surface area contributed by atoms with Crippen LogP contribution in [0.3, 0.4) is 0 Å². The smallest absolute Gasteiger partial charge is 0.320 e. The van der Waals surface area contributed by atoms with Crippen LogP contribution in [0.15, 0.2) is 48.0 Å². The molecule has 0 bridgehead atoms. The van der Waals surface area contributed by atoms with E-state index in [0.29, 0.717) is 19.6 Å². The number of allylic oxidation sites excluding steroid dienone is 1. The van der Waals surface area contributed by atoms with Crippen molar-refractivity contribution in [2.45, 2.75) is 25.9 Å². The van der Waals surface area contributed by atoms with Gasteiger partial charge in [-0.05, 0) is 36.6 Å². The quantitative estimate of drug-likeness (QED) is 0.505. The van der Waals surface area contributed by atoms with Crippen molar-refractivity contribution in [3.05, 3.63) is 54.1 Å². The summed E-state index contributed by atoms with van der Waals surface area (Å²) in [6.07, 6.45) is 11.1. The van der Waals surface area contributed by atoms with Crippen LogP contribution in [-0.4, -0.2) is 96.2 Å². The SMILES string of the molecule is CCc1cnn2cc(C(C=NC)=CN)cc(-c3ccc(N4CCN(C(=O)N5CCC(OC)C5)CC4)nc3)c12. The molecular weight excluding hydrogens is 480 g/mol. The van der Waals surface area contributed by atoms with Crippen molar-refractivity contribution in [2.24, 2.45) is 10.7 Å². The molecule has 2 saturated heterocycles. The molecule has 2 aliphatic rings. The molecule has 5 heterocycles. The topological polar surface area (TPSA) is 105 Å². The van der Waals surface area contributed by atoms with Crippen LogP contribution in [0.1, 0.15) is 24.5 Å². The maximum atomic E-state index is 12.9. The highest BCUT2D eigenvalue weighted by atomic mass is 16.5. The van der Waals surface area contributed by atoms with E-state index in [1.165, 1.54) is 5.56 Å². The van der Waals surface area contributed by atoms with Gasteiger partial charge in [-0.1, -0.05) is 6.92 Å². The Bertz CT molecular complexity index is 1340. The van der Waals surface area contributed by atoms with Crippen molar-refractivity contribution in [3.63, 3.8) is 0 Å². The van der Waals surface area contributed by atoms with Gasteiger partial charge < -0.3 is 25.2 Å². The van der Waals surface area contributed by atoms with Crippen molar-refractivity contribution in [3.8, 4) is 11.1 Å². The van der Waals surface area contributed by atoms with E-state index in [-0.39, 0.29) is 12.1 Å². The summed E-state index contributed by atoms with van der Waals surface area (Å²) in [5, 5.41) is 4.60. The summed E-state index contributed by atoms with van der Waals surface area (Å²) in [5.41, 5.74) is 12.0. The summed E-state index contributed by atoms with van der Waals surface area (Å²) >= 11 is 0. The number of nitrogens with zero attached hydrogens (tertiary/aromatic N) is 7. The predicted molar refractivity (Wildman–Crippen MR) is 151 cm³/mol. The number of piperazine rings is 1. The van der Waals surface area contributed by atoms with E-state index in [2.05, 4.69) is 40.1 Å². The molecule has 2 aliphatic heterocycles. The Balaban J connectivity index is 1.34. The average Bonchev–Trinajstić information content (AvgIpc) is 3.62. The lowest BCUT2D eigenvalue weighted by Gasteiger charge is -2.37. The van der Waals surface area contributed by atoms with Crippen LogP contribution in [0.25, 0.3) is 22.2 Å². The number of aromatic nitrogens is 3. The molecule has 0 aliphatic carbocycles. The summed E-state index contributed by atoms with van der Waals surface area (Å²) < 4.78 is 7.33. The minimum atomic E-state index is 0.114. The number of fused-ring (bicyclic) bond motifs is 1. The number of anilines is 1. The maximum Gasteiger partial charge on any atom is 0.320 e. The van der Waals surface area contributed by atoms with Crippen LogP contribution in [0, 0.1) is 0 Å². The minimum absolute atomic E-state index is 0.114. The lowest BCUT2D eigenvalue weighted by atomic mass is 10.00. The number of ether oxygens (including phenoxy) is 1. The second kappa shape index (κ2) is 11.2. The Kier molecular flexibility index (Phi) is 7.59. The second-order valence-electron chi connectivity index (χ2n) is 9.72. The van der Waals surface area contributed by atoms with Gasteiger partial charge in [0.05, 0.1) is 17.8 Å². The number of likely N-dealkylation sites (tertiary alicyclic amines) is 1. The van der Waals surface area contributed by atoms with E-state index in [4.69, 9.17) is 15.5 Å². The zero-order valence-corrected chi connectivity index (χ0v) is 22.4. The van der Waals surface area contributed by atoms with E-state index in [0.717, 1.165) is 66.1 Å². The zero-order chi connectivity index (χ0) is 26.6. The molecule has 3 aromatic heterocycles. The molecule has 2 N–H and O–H groups in total. The van der Waals surface area contributed by atoms with Gasteiger partial charge in [0, 0.05) is 100 Å². The molecule has 1 atom stereocenters. The van der Waals surface area contributed by atoms with Crippen LogP contribution in [0.2, 0.25) is 0 Å². The van der Waals surface area contributed by atoms with E-state index in [1.54, 1.807) is 26.6 Å².